The Labute approximate surface area is 269 Å². The maximum absolute atomic E-state index is 14.2. The van der Waals surface area contributed by atoms with Gasteiger partial charge in [-0.25, -0.2) is 19.7 Å². The van der Waals surface area contributed by atoms with Crippen molar-refractivity contribution in [2.75, 3.05) is 13.7 Å². The van der Waals surface area contributed by atoms with Crippen LogP contribution in [0.1, 0.15) is 52.0 Å². The smallest absolute Gasteiger partial charge is 0.416 e. The van der Waals surface area contributed by atoms with Crippen molar-refractivity contribution >= 4 is 6.09 Å². The fourth-order valence-electron chi connectivity index (χ4n) is 6.33. The van der Waals surface area contributed by atoms with Crippen molar-refractivity contribution in [3.05, 3.63) is 144 Å². The number of carbonyl (C=O) groups is 1. The molecule has 242 valence electrons. The van der Waals surface area contributed by atoms with Crippen LogP contribution in [0.25, 0.3) is 0 Å². The molecule has 3 unspecified atom stereocenters. The zero-order valence-corrected chi connectivity index (χ0v) is 25.5. The minimum Gasteiger partial charge on any atom is -0.497 e. The molecule has 1 aliphatic rings. The van der Waals surface area contributed by atoms with Crippen LogP contribution in [0.2, 0.25) is 0 Å². The molecule has 12 heteroatoms. The number of halogens is 3. The number of hydrogen-bond acceptors (Lipinski definition) is 7. The second-order valence-corrected chi connectivity index (χ2v) is 11.2. The lowest BCUT2D eigenvalue weighted by atomic mass is 9.69. The lowest BCUT2D eigenvalue weighted by Gasteiger charge is -2.53. The third-order valence-electron chi connectivity index (χ3n) is 8.51. The van der Waals surface area contributed by atoms with E-state index in [-0.39, 0.29) is 19.7 Å². The van der Waals surface area contributed by atoms with E-state index in [0.717, 1.165) is 17.2 Å². The number of likely N-dealkylation sites (tertiary alicyclic amines) is 1. The van der Waals surface area contributed by atoms with E-state index >= 15 is 0 Å². The Kier molecular flexibility index (Phi) is 9.21. The Hall–Kier alpha value is -5.23. The van der Waals surface area contributed by atoms with Crippen LogP contribution in [0.5, 0.6) is 5.75 Å². The summed E-state index contributed by atoms with van der Waals surface area (Å²) < 4.78 is 53.1. The third-order valence-corrected chi connectivity index (χ3v) is 8.51. The number of aromatic amines is 1. The normalized spacial score (nSPS) is 19.7. The first-order chi connectivity index (χ1) is 22.8. The molecule has 0 spiro atoms. The zero-order chi connectivity index (χ0) is 32.9. The number of carbonyl (C=O) groups excluding carboxylic acids is 1. The highest BCUT2D eigenvalue weighted by molar-refractivity contribution is 5.70. The monoisotopic (exact) mass is 642 g/mol. The molecule has 0 saturated carbocycles. The van der Waals surface area contributed by atoms with Crippen molar-refractivity contribution in [2.45, 2.75) is 43.2 Å². The molecule has 47 heavy (non-hydrogen) atoms. The molecule has 3 atom stereocenters. The van der Waals surface area contributed by atoms with Gasteiger partial charge in [-0.2, -0.15) is 13.2 Å². The lowest BCUT2D eigenvalue weighted by molar-refractivity contribution is -0.137. The molecule has 0 radical (unpaired) electrons. The second kappa shape index (κ2) is 13.6. The summed E-state index contributed by atoms with van der Waals surface area (Å²) in [5.41, 5.74) is 0.446. The van der Waals surface area contributed by atoms with Crippen molar-refractivity contribution in [3.8, 4) is 5.75 Å². The van der Waals surface area contributed by atoms with Gasteiger partial charge >= 0.3 is 12.3 Å². The Morgan fingerprint density at radius 2 is 1.81 bits per heavy atom. The summed E-state index contributed by atoms with van der Waals surface area (Å²) in [6.07, 6.45) is 1.36. The summed E-state index contributed by atoms with van der Waals surface area (Å²) in [4.78, 5) is 32.3. The molecule has 2 N–H and O–H groups in total. The van der Waals surface area contributed by atoms with E-state index in [1.54, 1.807) is 42.7 Å². The zero-order valence-electron chi connectivity index (χ0n) is 25.5. The highest BCUT2D eigenvalue weighted by Crippen LogP contribution is 2.52. The summed E-state index contributed by atoms with van der Waals surface area (Å²) in [5.74, 6) is -0.208. The SMILES string of the molecule is COc1ccc(CNC2(c3ncc[nH]3)C(c3ccncn3)C(c3cccc(C(F)(F)F)c3)CCN2C(=O)OCc2ccccc2)cc1. The van der Waals surface area contributed by atoms with E-state index in [4.69, 9.17) is 9.47 Å². The summed E-state index contributed by atoms with van der Waals surface area (Å²) in [7, 11) is 1.58. The molecule has 5 aromatic rings. The third kappa shape index (κ3) is 6.68. The Morgan fingerprint density at radius 3 is 2.49 bits per heavy atom. The summed E-state index contributed by atoms with van der Waals surface area (Å²) in [6, 6.07) is 23.8. The quantitative estimate of drug-likeness (QED) is 0.183. The first-order valence-corrected chi connectivity index (χ1v) is 15.1. The van der Waals surface area contributed by atoms with Crippen LogP contribution in [-0.4, -0.2) is 44.6 Å². The topological polar surface area (TPSA) is 105 Å². The largest absolute Gasteiger partial charge is 0.497 e. The van der Waals surface area contributed by atoms with Gasteiger partial charge in [-0.05, 0) is 53.3 Å². The maximum atomic E-state index is 14.2. The molecular weight excluding hydrogens is 609 g/mol. The number of piperidine rings is 1. The van der Waals surface area contributed by atoms with Crippen LogP contribution in [0, 0.1) is 0 Å². The molecule has 9 nitrogen and oxygen atoms in total. The molecule has 2 aromatic heterocycles. The number of imidazole rings is 1. The number of hydrogen-bond donors (Lipinski definition) is 2. The molecule has 0 aliphatic carbocycles. The van der Waals surface area contributed by atoms with Crippen molar-refractivity contribution < 1.29 is 27.4 Å². The van der Waals surface area contributed by atoms with Gasteiger partial charge in [0.15, 0.2) is 5.66 Å². The Balaban J connectivity index is 1.50. The van der Waals surface area contributed by atoms with Gasteiger partial charge in [-0.1, -0.05) is 60.7 Å². The van der Waals surface area contributed by atoms with Crippen molar-refractivity contribution in [2.24, 2.45) is 0 Å². The van der Waals surface area contributed by atoms with Crippen LogP contribution in [0.3, 0.4) is 0 Å². The van der Waals surface area contributed by atoms with Gasteiger partial charge in [0.1, 0.15) is 24.5 Å². The molecule has 1 saturated heterocycles. The average Bonchev–Trinajstić information content (AvgIpc) is 3.66. The molecule has 1 fully saturated rings. The number of amides is 1. The van der Waals surface area contributed by atoms with Gasteiger partial charge in [-0.3, -0.25) is 10.2 Å². The number of benzene rings is 3. The molecular formula is C35H33F3N6O3. The van der Waals surface area contributed by atoms with E-state index in [1.165, 1.54) is 18.5 Å². The number of ether oxygens (including phenoxy) is 2. The molecule has 6 rings (SSSR count). The van der Waals surface area contributed by atoms with Crippen molar-refractivity contribution in [1.29, 1.82) is 0 Å². The highest BCUT2D eigenvalue weighted by Gasteiger charge is 2.57. The van der Waals surface area contributed by atoms with Gasteiger partial charge < -0.3 is 14.5 Å². The van der Waals surface area contributed by atoms with Crippen LogP contribution in [0.4, 0.5) is 18.0 Å². The number of aromatic nitrogens is 4. The first-order valence-electron chi connectivity index (χ1n) is 15.1. The standard InChI is InChI=1S/C35H33F3N6O3/c1-46-28-12-10-24(11-13-28)21-43-34(32-40-17-18-41-32)31(30-14-16-39-23-42-30)29(26-8-5-9-27(20-26)35(36,37)38)15-19-44(34)33(45)47-22-25-6-3-2-4-7-25/h2-14,16-18,20,23,29,31,43H,15,19,21-22H2,1H3,(H,40,41). The summed E-state index contributed by atoms with van der Waals surface area (Å²) >= 11 is 0. The first kappa shape index (κ1) is 31.7. The predicted molar refractivity (Wildman–Crippen MR) is 167 cm³/mol. The van der Waals surface area contributed by atoms with E-state index in [0.29, 0.717) is 29.3 Å². The minimum atomic E-state index is -4.53. The predicted octanol–water partition coefficient (Wildman–Crippen LogP) is 6.78. The summed E-state index contributed by atoms with van der Waals surface area (Å²) in [6.45, 7) is 0.425. The molecule has 3 heterocycles. The number of rotatable bonds is 9. The van der Waals surface area contributed by atoms with E-state index in [2.05, 4.69) is 25.3 Å². The number of nitrogens with zero attached hydrogens (tertiary/aromatic N) is 4. The van der Waals surface area contributed by atoms with Crippen LogP contribution < -0.4 is 10.1 Å². The molecule has 1 aliphatic heterocycles. The number of nitrogens with one attached hydrogen (secondary N) is 2. The van der Waals surface area contributed by atoms with Crippen LogP contribution in [-0.2, 0) is 29.7 Å². The fraction of sp³-hybridized carbons (Fsp3) is 0.257. The summed E-state index contributed by atoms with van der Waals surface area (Å²) in [5, 5.41) is 3.62. The van der Waals surface area contributed by atoms with E-state index in [9.17, 15) is 18.0 Å². The minimum absolute atomic E-state index is 0.0259. The molecule has 1 amide bonds. The number of alkyl halides is 3. The van der Waals surface area contributed by atoms with E-state index < -0.39 is 35.3 Å². The van der Waals surface area contributed by atoms with Crippen molar-refractivity contribution in [1.82, 2.24) is 30.2 Å². The number of H-pyrrole nitrogens is 1. The highest BCUT2D eigenvalue weighted by atomic mass is 19.4. The average molecular weight is 643 g/mol. The van der Waals surface area contributed by atoms with Crippen LogP contribution in [0.15, 0.2) is 110 Å². The van der Waals surface area contributed by atoms with Gasteiger partial charge in [0.05, 0.1) is 24.3 Å². The van der Waals surface area contributed by atoms with Gasteiger partial charge in [0.2, 0.25) is 0 Å². The fourth-order valence-corrected chi connectivity index (χ4v) is 6.33. The molecule has 0 bridgehead atoms. The number of methoxy groups -OCH3 is 1. The van der Waals surface area contributed by atoms with Crippen LogP contribution >= 0.6 is 0 Å². The maximum Gasteiger partial charge on any atom is 0.416 e. The Bertz CT molecular complexity index is 1760. The molecule has 3 aromatic carbocycles. The van der Waals surface area contributed by atoms with Gasteiger partial charge in [-0.15, -0.1) is 0 Å². The van der Waals surface area contributed by atoms with E-state index in [1.807, 2.05) is 54.6 Å². The Morgan fingerprint density at radius 1 is 1.00 bits per heavy atom. The lowest BCUT2D eigenvalue weighted by Crippen LogP contribution is -2.65. The van der Waals surface area contributed by atoms with Crippen molar-refractivity contribution in [3.63, 3.8) is 0 Å². The van der Waals surface area contributed by atoms with Gasteiger partial charge in [0.25, 0.3) is 0 Å². The second-order valence-electron chi connectivity index (χ2n) is 11.2. The van der Waals surface area contributed by atoms with Gasteiger partial charge in [0, 0.05) is 31.7 Å².